The lowest BCUT2D eigenvalue weighted by atomic mass is 9.83. The molecular weight excluding hydrogens is 402 g/mol. The van der Waals surface area contributed by atoms with Crippen molar-refractivity contribution in [3.8, 4) is 0 Å². The first-order valence-electron chi connectivity index (χ1n) is 9.91. The second-order valence-corrected chi connectivity index (χ2v) is 7.86. The summed E-state index contributed by atoms with van der Waals surface area (Å²) in [5, 5.41) is 2.54. The minimum atomic E-state index is -0.538. The smallest absolute Gasteiger partial charge is 0.325 e. The van der Waals surface area contributed by atoms with Crippen LogP contribution in [0.1, 0.15) is 68.9 Å². The quantitative estimate of drug-likeness (QED) is 0.337. The van der Waals surface area contributed by atoms with Gasteiger partial charge in [-0.15, -0.1) is 11.8 Å². The zero-order valence-corrected chi connectivity index (χ0v) is 17.8. The maximum atomic E-state index is 13.3. The molecule has 30 heavy (non-hydrogen) atoms. The van der Waals surface area contributed by atoms with E-state index in [-0.39, 0.29) is 35.8 Å². The van der Waals surface area contributed by atoms with E-state index < -0.39 is 11.9 Å². The number of thioether (sulfide) groups is 1. The number of esters is 1. The van der Waals surface area contributed by atoms with E-state index in [1.807, 2.05) is 0 Å². The number of hydrogen-bond donors (Lipinski definition) is 1. The van der Waals surface area contributed by atoms with E-state index in [1.165, 1.54) is 17.8 Å². The van der Waals surface area contributed by atoms with Crippen LogP contribution in [0.25, 0.3) is 0 Å². The van der Waals surface area contributed by atoms with Gasteiger partial charge in [0, 0.05) is 27.1 Å². The molecule has 1 aliphatic carbocycles. The highest BCUT2D eigenvalue weighted by molar-refractivity contribution is 7.99. The first kappa shape index (κ1) is 21.8. The molecule has 0 heterocycles. The van der Waals surface area contributed by atoms with Gasteiger partial charge in [0.05, 0.1) is 12.2 Å². The molecule has 156 valence electrons. The highest BCUT2D eigenvalue weighted by Gasteiger charge is 2.33. The summed E-state index contributed by atoms with van der Waals surface area (Å²) in [6.07, 6.45) is 1.86. The van der Waals surface area contributed by atoms with Crippen molar-refractivity contribution in [1.29, 1.82) is 0 Å². The summed E-state index contributed by atoms with van der Waals surface area (Å²) in [5.41, 5.74) is 1.57. The molecule has 0 aliphatic heterocycles. The molecule has 6 nitrogen and oxygen atoms in total. The van der Waals surface area contributed by atoms with Crippen molar-refractivity contribution in [2.24, 2.45) is 0 Å². The molecule has 1 aliphatic rings. The van der Waals surface area contributed by atoms with Crippen LogP contribution in [0.4, 0.5) is 0 Å². The fourth-order valence-electron chi connectivity index (χ4n) is 3.26. The maximum absolute atomic E-state index is 13.3. The lowest BCUT2D eigenvalue weighted by Crippen LogP contribution is -2.32. The molecule has 0 atom stereocenters. The molecule has 2 aromatic rings. The Kier molecular flexibility index (Phi) is 7.05. The predicted octanol–water partition coefficient (Wildman–Crippen LogP) is 3.65. The van der Waals surface area contributed by atoms with Crippen molar-refractivity contribution in [2.45, 2.75) is 31.6 Å². The minimum absolute atomic E-state index is 0.224. The molecule has 0 saturated carbocycles. The third-order valence-corrected chi connectivity index (χ3v) is 5.94. The summed E-state index contributed by atoms with van der Waals surface area (Å²) in [4.78, 5) is 51.1. The average Bonchev–Trinajstić information content (AvgIpc) is 2.76. The van der Waals surface area contributed by atoms with Crippen molar-refractivity contribution in [3.05, 3.63) is 64.2 Å². The van der Waals surface area contributed by atoms with Gasteiger partial charge in [0.2, 0.25) is 0 Å². The second kappa shape index (κ2) is 9.71. The molecule has 2 aromatic carbocycles. The lowest BCUT2D eigenvalue weighted by Gasteiger charge is -2.22. The van der Waals surface area contributed by atoms with Gasteiger partial charge in [-0.2, -0.15) is 0 Å². The normalized spacial score (nSPS) is 12.2. The summed E-state index contributed by atoms with van der Waals surface area (Å²) in [6, 6.07) is 9.79. The Labute approximate surface area is 179 Å². The van der Waals surface area contributed by atoms with Gasteiger partial charge in [0.25, 0.3) is 5.91 Å². The highest BCUT2D eigenvalue weighted by atomic mass is 32.2. The van der Waals surface area contributed by atoms with Crippen LogP contribution < -0.4 is 5.32 Å². The molecule has 1 N–H and O–H groups in total. The SMILES string of the molecule is CCCCSc1c(C(=O)NCC(=O)OCC)ccc2c1C(=O)c1ccccc1C2=O. The van der Waals surface area contributed by atoms with Crippen molar-refractivity contribution in [2.75, 3.05) is 18.9 Å². The van der Waals surface area contributed by atoms with E-state index in [0.29, 0.717) is 27.3 Å². The van der Waals surface area contributed by atoms with E-state index in [2.05, 4.69) is 12.2 Å². The summed E-state index contributed by atoms with van der Waals surface area (Å²) in [7, 11) is 0. The van der Waals surface area contributed by atoms with E-state index in [0.717, 1.165) is 12.8 Å². The third-order valence-electron chi connectivity index (χ3n) is 4.73. The van der Waals surface area contributed by atoms with E-state index in [4.69, 9.17) is 4.74 Å². The van der Waals surface area contributed by atoms with Gasteiger partial charge in [-0.05, 0) is 31.2 Å². The lowest BCUT2D eigenvalue weighted by molar-refractivity contribution is -0.141. The van der Waals surface area contributed by atoms with Crippen LogP contribution in [-0.4, -0.2) is 42.3 Å². The first-order chi connectivity index (χ1) is 14.5. The van der Waals surface area contributed by atoms with Crippen molar-refractivity contribution in [1.82, 2.24) is 5.32 Å². The summed E-state index contributed by atoms with van der Waals surface area (Å²) < 4.78 is 4.84. The third kappa shape index (κ3) is 4.31. The molecule has 0 unspecified atom stereocenters. The fraction of sp³-hybridized carbons (Fsp3) is 0.304. The molecule has 0 bridgehead atoms. The Morgan fingerprint density at radius 1 is 0.967 bits per heavy atom. The van der Waals surface area contributed by atoms with E-state index in [9.17, 15) is 19.2 Å². The molecule has 0 radical (unpaired) electrons. The van der Waals surface area contributed by atoms with Crippen LogP contribution >= 0.6 is 11.8 Å². The van der Waals surface area contributed by atoms with Crippen molar-refractivity contribution >= 4 is 35.2 Å². The standard InChI is InChI=1S/C23H23NO5S/c1-3-5-12-30-22-17(23(28)24-13-18(25)29-4-2)11-10-16-19(22)21(27)15-9-7-6-8-14(15)20(16)26/h6-11H,3-5,12-13H2,1-2H3,(H,24,28). The van der Waals surface area contributed by atoms with Gasteiger partial charge >= 0.3 is 5.97 Å². The average molecular weight is 426 g/mol. The molecule has 1 amide bonds. The number of benzene rings is 2. The van der Waals surface area contributed by atoms with Gasteiger partial charge in [-0.1, -0.05) is 37.6 Å². The Bertz CT molecular complexity index is 1010. The summed E-state index contributed by atoms with van der Waals surface area (Å²) in [5.74, 6) is -0.808. The van der Waals surface area contributed by atoms with Gasteiger partial charge in [-0.3, -0.25) is 19.2 Å². The zero-order chi connectivity index (χ0) is 21.7. The van der Waals surface area contributed by atoms with Crippen LogP contribution in [0.15, 0.2) is 41.3 Å². The topological polar surface area (TPSA) is 89.5 Å². The number of ether oxygens (including phenoxy) is 1. The summed E-state index contributed by atoms with van der Waals surface area (Å²) >= 11 is 1.39. The van der Waals surface area contributed by atoms with Crippen molar-refractivity contribution < 1.29 is 23.9 Å². The molecule has 0 spiro atoms. The highest BCUT2D eigenvalue weighted by Crippen LogP contribution is 2.36. The van der Waals surface area contributed by atoms with Gasteiger partial charge in [0.15, 0.2) is 11.6 Å². The van der Waals surface area contributed by atoms with E-state index >= 15 is 0 Å². The van der Waals surface area contributed by atoms with Crippen LogP contribution in [0.2, 0.25) is 0 Å². The van der Waals surface area contributed by atoms with Gasteiger partial charge in [0.1, 0.15) is 6.54 Å². The molecule has 0 saturated heterocycles. The number of ketones is 2. The predicted molar refractivity (Wildman–Crippen MR) is 114 cm³/mol. The largest absolute Gasteiger partial charge is 0.465 e. The van der Waals surface area contributed by atoms with Crippen molar-refractivity contribution in [3.63, 3.8) is 0 Å². The Morgan fingerprint density at radius 2 is 1.67 bits per heavy atom. The number of unbranched alkanes of at least 4 members (excludes halogenated alkanes) is 1. The number of nitrogens with one attached hydrogen (secondary N) is 1. The number of carbonyl (C=O) groups is 4. The Hall–Kier alpha value is -2.93. The Balaban J connectivity index is 2.02. The van der Waals surface area contributed by atoms with Gasteiger partial charge < -0.3 is 10.1 Å². The van der Waals surface area contributed by atoms with Crippen LogP contribution in [0.5, 0.6) is 0 Å². The number of hydrogen-bond acceptors (Lipinski definition) is 6. The molecule has 7 heteroatoms. The molecular formula is C23H23NO5S. The molecule has 3 rings (SSSR count). The number of fused-ring (bicyclic) bond motifs is 2. The first-order valence-corrected chi connectivity index (χ1v) is 10.9. The number of rotatable bonds is 8. The van der Waals surface area contributed by atoms with Gasteiger partial charge in [-0.25, -0.2) is 0 Å². The fourth-order valence-corrected chi connectivity index (χ4v) is 4.56. The van der Waals surface area contributed by atoms with Crippen LogP contribution in [0, 0.1) is 0 Å². The maximum Gasteiger partial charge on any atom is 0.325 e. The second-order valence-electron chi connectivity index (χ2n) is 6.76. The molecule has 0 fully saturated rings. The Morgan fingerprint density at radius 3 is 2.33 bits per heavy atom. The molecule has 0 aromatic heterocycles. The van der Waals surface area contributed by atoms with E-state index in [1.54, 1.807) is 37.3 Å². The monoisotopic (exact) mass is 425 g/mol. The van der Waals surface area contributed by atoms with Crippen LogP contribution in [0.3, 0.4) is 0 Å². The zero-order valence-electron chi connectivity index (χ0n) is 16.9. The summed E-state index contributed by atoms with van der Waals surface area (Å²) in [6.45, 7) is 3.70. The number of carbonyl (C=O) groups excluding carboxylic acids is 4. The minimum Gasteiger partial charge on any atom is -0.465 e. The number of amides is 1. The van der Waals surface area contributed by atoms with Crippen LogP contribution in [-0.2, 0) is 9.53 Å².